The molecule has 0 aliphatic rings. The SMILES string of the molecule is CC(NC(N)=O)C(=O)NCCc1nc2ccccc2[nH]1. The van der Waals surface area contributed by atoms with Crippen LogP contribution in [0.4, 0.5) is 4.79 Å². The van der Waals surface area contributed by atoms with Crippen LogP contribution in [0.3, 0.4) is 0 Å². The number of carbonyl (C=O) groups is 2. The van der Waals surface area contributed by atoms with E-state index in [-0.39, 0.29) is 5.91 Å². The van der Waals surface area contributed by atoms with E-state index >= 15 is 0 Å². The first kappa shape index (κ1) is 13.9. The van der Waals surface area contributed by atoms with Gasteiger partial charge in [0.1, 0.15) is 11.9 Å². The number of hydrogen-bond acceptors (Lipinski definition) is 3. The van der Waals surface area contributed by atoms with Crippen molar-refractivity contribution < 1.29 is 9.59 Å². The number of nitrogens with one attached hydrogen (secondary N) is 3. The summed E-state index contributed by atoms with van der Waals surface area (Å²) in [7, 11) is 0. The highest BCUT2D eigenvalue weighted by Crippen LogP contribution is 2.10. The van der Waals surface area contributed by atoms with Crippen molar-refractivity contribution >= 4 is 23.0 Å². The third-order valence-electron chi connectivity index (χ3n) is 2.85. The maximum Gasteiger partial charge on any atom is 0.312 e. The van der Waals surface area contributed by atoms with Crippen molar-refractivity contribution in [3.8, 4) is 0 Å². The second-order valence-corrected chi connectivity index (χ2v) is 4.47. The zero-order valence-corrected chi connectivity index (χ0v) is 11.1. The number of nitrogens with two attached hydrogens (primary N) is 1. The molecule has 1 aromatic heterocycles. The van der Waals surface area contributed by atoms with Gasteiger partial charge in [0.15, 0.2) is 0 Å². The fourth-order valence-electron chi connectivity index (χ4n) is 1.86. The molecule has 2 rings (SSSR count). The van der Waals surface area contributed by atoms with Gasteiger partial charge in [-0.05, 0) is 19.1 Å². The van der Waals surface area contributed by atoms with Crippen LogP contribution in [0.2, 0.25) is 0 Å². The van der Waals surface area contributed by atoms with Gasteiger partial charge in [0.05, 0.1) is 11.0 Å². The number of benzene rings is 1. The molecule has 1 unspecified atom stereocenters. The summed E-state index contributed by atoms with van der Waals surface area (Å²) in [6.45, 7) is 2.00. The molecule has 0 radical (unpaired) electrons. The zero-order valence-electron chi connectivity index (χ0n) is 11.1. The molecule has 0 saturated heterocycles. The van der Waals surface area contributed by atoms with Crippen molar-refractivity contribution in [3.63, 3.8) is 0 Å². The summed E-state index contributed by atoms with van der Waals surface area (Å²) >= 11 is 0. The van der Waals surface area contributed by atoms with Gasteiger partial charge < -0.3 is 21.4 Å². The van der Waals surface area contributed by atoms with Crippen LogP contribution in [-0.4, -0.2) is 34.5 Å². The topological polar surface area (TPSA) is 113 Å². The van der Waals surface area contributed by atoms with Crippen molar-refractivity contribution in [1.29, 1.82) is 0 Å². The first-order valence-corrected chi connectivity index (χ1v) is 6.33. The van der Waals surface area contributed by atoms with Crippen LogP contribution in [-0.2, 0) is 11.2 Å². The lowest BCUT2D eigenvalue weighted by atomic mass is 10.3. The Morgan fingerprint density at radius 3 is 2.85 bits per heavy atom. The minimum atomic E-state index is -0.718. The Morgan fingerprint density at radius 2 is 2.15 bits per heavy atom. The van der Waals surface area contributed by atoms with Crippen molar-refractivity contribution in [3.05, 3.63) is 30.1 Å². The highest BCUT2D eigenvalue weighted by atomic mass is 16.2. The molecule has 7 heteroatoms. The summed E-state index contributed by atoms with van der Waals surface area (Å²) in [6, 6.07) is 6.36. The van der Waals surface area contributed by atoms with Crippen LogP contribution in [0.1, 0.15) is 12.7 Å². The highest BCUT2D eigenvalue weighted by Gasteiger charge is 2.13. The number of fused-ring (bicyclic) bond motifs is 1. The van der Waals surface area contributed by atoms with Gasteiger partial charge in [0.25, 0.3) is 0 Å². The van der Waals surface area contributed by atoms with Crippen molar-refractivity contribution in [1.82, 2.24) is 20.6 Å². The maximum atomic E-state index is 11.6. The second kappa shape index (κ2) is 6.05. The van der Waals surface area contributed by atoms with Crippen LogP contribution in [0.25, 0.3) is 11.0 Å². The lowest BCUT2D eigenvalue weighted by Crippen LogP contribution is -2.47. The third-order valence-corrected chi connectivity index (χ3v) is 2.85. The quantitative estimate of drug-likeness (QED) is 0.628. The molecule has 0 bridgehead atoms. The van der Waals surface area contributed by atoms with Crippen molar-refractivity contribution in [2.24, 2.45) is 5.73 Å². The fraction of sp³-hybridized carbons (Fsp3) is 0.308. The van der Waals surface area contributed by atoms with Crippen LogP contribution in [0.5, 0.6) is 0 Å². The van der Waals surface area contributed by atoms with Gasteiger partial charge >= 0.3 is 6.03 Å². The average molecular weight is 275 g/mol. The van der Waals surface area contributed by atoms with Gasteiger partial charge in [-0.15, -0.1) is 0 Å². The molecular formula is C13H17N5O2. The van der Waals surface area contributed by atoms with E-state index in [0.29, 0.717) is 13.0 Å². The molecule has 106 valence electrons. The van der Waals surface area contributed by atoms with Gasteiger partial charge in [0, 0.05) is 13.0 Å². The minimum absolute atomic E-state index is 0.278. The van der Waals surface area contributed by atoms with E-state index in [4.69, 9.17) is 5.73 Å². The first-order chi connectivity index (χ1) is 9.56. The smallest absolute Gasteiger partial charge is 0.312 e. The molecule has 0 aliphatic heterocycles. The zero-order chi connectivity index (χ0) is 14.5. The number of nitrogens with zero attached hydrogens (tertiary/aromatic N) is 1. The third kappa shape index (κ3) is 3.47. The standard InChI is InChI=1S/C13H17N5O2/c1-8(16-13(14)20)12(19)15-7-6-11-17-9-4-2-3-5-10(9)18-11/h2-5,8H,6-7H2,1H3,(H,15,19)(H,17,18)(H3,14,16,20). The first-order valence-electron chi connectivity index (χ1n) is 6.33. The monoisotopic (exact) mass is 275 g/mol. The maximum absolute atomic E-state index is 11.6. The number of carbonyl (C=O) groups excluding carboxylic acids is 2. The molecule has 0 saturated carbocycles. The lowest BCUT2D eigenvalue weighted by molar-refractivity contribution is -0.122. The molecule has 1 heterocycles. The molecular weight excluding hydrogens is 258 g/mol. The number of urea groups is 1. The highest BCUT2D eigenvalue weighted by molar-refractivity contribution is 5.86. The number of imidazole rings is 1. The molecule has 1 atom stereocenters. The normalized spacial score (nSPS) is 12.1. The Kier molecular flexibility index (Phi) is 4.19. The largest absolute Gasteiger partial charge is 0.354 e. The van der Waals surface area contributed by atoms with Gasteiger partial charge in [-0.2, -0.15) is 0 Å². The molecule has 0 spiro atoms. The summed E-state index contributed by atoms with van der Waals surface area (Å²) in [5.41, 5.74) is 6.82. The molecule has 5 N–H and O–H groups in total. The molecule has 3 amide bonds. The Balaban J connectivity index is 1.83. The fourth-order valence-corrected chi connectivity index (χ4v) is 1.86. The summed E-state index contributed by atoms with van der Waals surface area (Å²) in [5, 5.41) is 5.03. The van der Waals surface area contributed by atoms with E-state index < -0.39 is 12.1 Å². The second-order valence-electron chi connectivity index (χ2n) is 4.47. The predicted octanol–water partition coefficient (Wildman–Crippen LogP) is 0.278. The number of H-pyrrole nitrogens is 1. The predicted molar refractivity (Wildman–Crippen MR) is 75.0 cm³/mol. The Bertz CT molecular complexity index is 589. The molecule has 2 aromatic rings. The van der Waals surface area contributed by atoms with E-state index in [1.807, 2.05) is 24.3 Å². The summed E-state index contributed by atoms with van der Waals surface area (Å²) in [5.74, 6) is 0.530. The van der Waals surface area contributed by atoms with Gasteiger partial charge in [-0.1, -0.05) is 12.1 Å². The van der Waals surface area contributed by atoms with Crippen LogP contribution in [0.15, 0.2) is 24.3 Å². The van der Waals surface area contributed by atoms with E-state index in [1.54, 1.807) is 6.92 Å². The summed E-state index contributed by atoms with van der Waals surface area (Å²) < 4.78 is 0. The van der Waals surface area contributed by atoms with Crippen LogP contribution in [0, 0.1) is 0 Å². The van der Waals surface area contributed by atoms with Crippen LogP contribution < -0.4 is 16.4 Å². The number of amides is 3. The van der Waals surface area contributed by atoms with Gasteiger partial charge in [-0.3, -0.25) is 4.79 Å². The van der Waals surface area contributed by atoms with E-state index in [9.17, 15) is 9.59 Å². The molecule has 0 aliphatic carbocycles. The van der Waals surface area contributed by atoms with E-state index in [0.717, 1.165) is 16.9 Å². The van der Waals surface area contributed by atoms with Gasteiger partial charge in [-0.25, -0.2) is 9.78 Å². The van der Waals surface area contributed by atoms with Crippen molar-refractivity contribution in [2.45, 2.75) is 19.4 Å². The van der Waals surface area contributed by atoms with E-state index in [2.05, 4.69) is 20.6 Å². The molecule has 20 heavy (non-hydrogen) atoms. The number of aromatic amines is 1. The number of primary amides is 1. The lowest BCUT2D eigenvalue weighted by Gasteiger charge is -2.11. The average Bonchev–Trinajstić information content (AvgIpc) is 2.80. The molecule has 0 fully saturated rings. The number of para-hydroxylation sites is 2. The number of rotatable bonds is 5. The van der Waals surface area contributed by atoms with Gasteiger partial charge in [0.2, 0.25) is 5.91 Å². The number of aromatic nitrogens is 2. The minimum Gasteiger partial charge on any atom is -0.354 e. The van der Waals surface area contributed by atoms with Crippen molar-refractivity contribution in [2.75, 3.05) is 6.54 Å². The Hall–Kier alpha value is -2.57. The summed E-state index contributed by atoms with van der Waals surface area (Å²) in [6.07, 6.45) is 0.587. The number of hydrogen-bond donors (Lipinski definition) is 4. The Labute approximate surface area is 115 Å². The molecule has 1 aromatic carbocycles. The Morgan fingerprint density at radius 1 is 1.40 bits per heavy atom. The van der Waals surface area contributed by atoms with Crippen LogP contribution >= 0.6 is 0 Å². The van der Waals surface area contributed by atoms with E-state index in [1.165, 1.54) is 0 Å². The molecule has 7 nitrogen and oxygen atoms in total. The summed E-state index contributed by atoms with van der Waals surface area (Å²) in [4.78, 5) is 29.8.